The Hall–Kier alpha value is -7.38. The minimum absolute atomic E-state index is 0.00245. The number of rotatable bonds is 20. The summed E-state index contributed by atoms with van der Waals surface area (Å²) in [5.74, 6) is -3.75. The van der Waals surface area contributed by atoms with Gasteiger partial charge in [0.25, 0.3) is 23.6 Å². The molecule has 4 aromatic rings. The number of aromatic nitrogens is 2. The van der Waals surface area contributed by atoms with Gasteiger partial charge in [-0.3, -0.25) is 43.8 Å². The van der Waals surface area contributed by atoms with Crippen LogP contribution in [-0.2, 0) is 19.2 Å². The fourth-order valence-electron chi connectivity index (χ4n) is 6.83. The lowest BCUT2D eigenvalue weighted by atomic mass is 10.0. The number of imide groups is 2. The number of nitrogens with one attached hydrogen (secondary N) is 5. The van der Waals surface area contributed by atoms with Gasteiger partial charge in [-0.15, -0.1) is 13.2 Å². The van der Waals surface area contributed by atoms with Crippen LogP contribution in [0, 0.1) is 0 Å². The Bertz CT molecular complexity index is 2360. The molecular formula is C43H43F3N8O9. The quantitative estimate of drug-likeness (QED) is 0.0608. The summed E-state index contributed by atoms with van der Waals surface area (Å²) in [5.41, 5.74) is 1.85. The number of piperidine rings is 1. The van der Waals surface area contributed by atoms with Gasteiger partial charge in [-0.2, -0.15) is 0 Å². The maximum Gasteiger partial charge on any atom is 0.573 e. The fraction of sp³-hybridized carbons (Fsp3) is 0.326. The Labute approximate surface area is 358 Å². The first-order valence-corrected chi connectivity index (χ1v) is 20.1. The van der Waals surface area contributed by atoms with E-state index in [-0.39, 0.29) is 54.5 Å². The van der Waals surface area contributed by atoms with Crippen molar-refractivity contribution in [2.45, 2.75) is 63.8 Å². The Morgan fingerprint density at radius 3 is 2.21 bits per heavy atom. The Balaban J connectivity index is 0.814. The molecule has 6 rings (SSSR count). The number of hydrogen-bond donors (Lipinski definition) is 5. The highest BCUT2D eigenvalue weighted by Crippen LogP contribution is 2.34. The smallest absolute Gasteiger partial charge is 0.483 e. The van der Waals surface area contributed by atoms with E-state index in [9.17, 15) is 46.7 Å². The number of ether oxygens (including phenoxy) is 2. The fourth-order valence-corrected chi connectivity index (χ4v) is 6.83. The summed E-state index contributed by atoms with van der Waals surface area (Å²) in [6.07, 6.45) is 1.55. The van der Waals surface area contributed by atoms with Crippen molar-refractivity contribution in [2.75, 3.05) is 31.6 Å². The molecule has 1 saturated heterocycles. The molecule has 63 heavy (non-hydrogen) atoms. The van der Waals surface area contributed by atoms with Crippen molar-refractivity contribution in [2.24, 2.45) is 0 Å². The van der Waals surface area contributed by atoms with Crippen molar-refractivity contribution in [3.63, 3.8) is 0 Å². The third-order valence-corrected chi connectivity index (χ3v) is 9.89. The predicted octanol–water partition coefficient (Wildman–Crippen LogP) is 4.57. The normalized spacial score (nSPS) is 14.7. The lowest BCUT2D eigenvalue weighted by molar-refractivity contribution is -0.274. The minimum atomic E-state index is -4.80. The molecule has 1 atom stereocenters. The number of benzene rings is 3. The van der Waals surface area contributed by atoms with Gasteiger partial charge in [-0.1, -0.05) is 43.9 Å². The lowest BCUT2D eigenvalue weighted by Crippen LogP contribution is -2.54. The van der Waals surface area contributed by atoms with Gasteiger partial charge in [-0.05, 0) is 67.8 Å². The molecule has 0 aliphatic carbocycles. The zero-order valence-corrected chi connectivity index (χ0v) is 33.7. The highest BCUT2D eigenvalue weighted by atomic mass is 19.4. The van der Waals surface area contributed by atoms with Crippen LogP contribution >= 0.6 is 0 Å². The van der Waals surface area contributed by atoms with Crippen LogP contribution in [0.3, 0.4) is 0 Å². The van der Waals surface area contributed by atoms with Crippen LogP contribution in [0.15, 0.2) is 79.1 Å². The monoisotopic (exact) mass is 872 g/mol. The van der Waals surface area contributed by atoms with Crippen LogP contribution in [0.25, 0.3) is 11.3 Å². The largest absolute Gasteiger partial charge is 0.573 e. The summed E-state index contributed by atoms with van der Waals surface area (Å²) in [5, 5.41) is 13.3. The molecule has 3 heterocycles. The summed E-state index contributed by atoms with van der Waals surface area (Å²) in [6, 6.07) is 16.7. The van der Waals surface area contributed by atoms with Gasteiger partial charge < -0.3 is 30.7 Å². The average molecular weight is 873 g/mol. The van der Waals surface area contributed by atoms with Gasteiger partial charge >= 0.3 is 6.36 Å². The van der Waals surface area contributed by atoms with Crippen LogP contribution in [-0.4, -0.2) is 94.9 Å². The highest BCUT2D eigenvalue weighted by molar-refractivity contribution is 6.24. The molecule has 17 nitrogen and oxygen atoms in total. The van der Waals surface area contributed by atoms with E-state index in [0.717, 1.165) is 43.4 Å². The third-order valence-electron chi connectivity index (χ3n) is 9.89. The van der Waals surface area contributed by atoms with Crippen molar-refractivity contribution < 1.29 is 56.2 Å². The second kappa shape index (κ2) is 20.9. The van der Waals surface area contributed by atoms with Crippen LogP contribution in [0.5, 0.6) is 11.5 Å². The molecule has 0 radical (unpaired) electrons. The molecule has 0 bridgehead atoms. The molecule has 3 aromatic carbocycles. The van der Waals surface area contributed by atoms with E-state index in [1.165, 1.54) is 48.8 Å². The average Bonchev–Trinajstić information content (AvgIpc) is 3.51. The lowest BCUT2D eigenvalue weighted by Gasteiger charge is -2.27. The van der Waals surface area contributed by atoms with Crippen LogP contribution < -0.4 is 36.1 Å². The van der Waals surface area contributed by atoms with Gasteiger partial charge in [0.05, 0.1) is 23.4 Å². The Kier molecular flexibility index (Phi) is 15.0. The zero-order valence-electron chi connectivity index (χ0n) is 33.7. The number of nitrogens with zero attached hydrogens (tertiary/aromatic N) is 3. The first kappa shape index (κ1) is 45.2. The SMILES string of the molecule is O=C(CNC(=O)c1cccc(-c2cc(Nc3ccc(OC(F)(F)F)cc3)ncn2)c1)NCCCCCCCCNC(=O)COc1cccc2c1C(=O)N(C1CCC(=O)NC1=O)C2=O. The first-order chi connectivity index (χ1) is 30.3. The number of amides is 7. The number of carbonyl (C=O) groups excluding carboxylic acids is 7. The number of halogens is 3. The molecule has 1 aromatic heterocycles. The number of anilines is 2. The molecule has 1 unspecified atom stereocenters. The number of hydrogen-bond acceptors (Lipinski definition) is 12. The maximum absolute atomic E-state index is 13.2. The van der Waals surface area contributed by atoms with Crippen molar-refractivity contribution in [3.8, 4) is 22.8 Å². The molecular weight excluding hydrogens is 830 g/mol. The van der Waals surface area contributed by atoms with E-state index in [4.69, 9.17) is 4.74 Å². The second-order valence-electron chi connectivity index (χ2n) is 14.5. The maximum atomic E-state index is 13.2. The Morgan fingerprint density at radius 1 is 0.794 bits per heavy atom. The molecule has 20 heteroatoms. The summed E-state index contributed by atoms with van der Waals surface area (Å²) >= 11 is 0. The number of carbonyl (C=O) groups is 7. The summed E-state index contributed by atoms with van der Waals surface area (Å²) in [6.45, 7) is 0.244. The molecule has 2 aliphatic rings. The van der Waals surface area contributed by atoms with Crippen LogP contribution in [0.1, 0.15) is 82.4 Å². The van der Waals surface area contributed by atoms with E-state index in [2.05, 4.69) is 41.3 Å². The van der Waals surface area contributed by atoms with E-state index >= 15 is 0 Å². The molecule has 330 valence electrons. The standard InChI is InChI=1S/C43H43F3N8O9/c44-43(45,46)63-29-15-13-28(14-16-29)52-34-22-31(50-25-51-34)26-9-7-10-27(21-26)39(58)49-23-36(56)47-19-5-3-1-2-4-6-20-48-37(57)24-62-33-12-8-11-30-38(33)42(61)54(41(30)60)32-17-18-35(55)53-40(32)59/h7-16,21-22,25,32H,1-6,17-20,23-24H2,(H,47,56)(H,48,57)(H,49,58)(H,50,51,52)(H,53,55,59). The van der Waals surface area contributed by atoms with Gasteiger partial charge in [0.15, 0.2) is 6.61 Å². The molecule has 7 amide bonds. The molecule has 2 aliphatic heterocycles. The van der Waals surface area contributed by atoms with Crippen molar-refractivity contribution >= 4 is 52.9 Å². The second-order valence-corrected chi connectivity index (χ2v) is 14.5. The minimum Gasteiger partial charge on any atom is -0.483 e. The number of fused-ring (bicyclic) bond motifs is 1. The Morgan fingerprint density at radius 2 is 1.49 bits per heavy atom. The van der Waals surface area contributed by atoms with Gasteiger partial charge in [0.1, 0.15) is 29.7 Å². The summed E-state index contributed by atoms with van der Waals surface area (Å²) in [7, 11) is 0. The molecule has 0 saturated carbocycles. The topological polar surface area (TPSA) is 227 Å². The summed E-state index contributed by atoms with van der Waals surface area (Å²) in [4.78, 5) is 97.0. The van der Waals surface area contributed by atoms with Gasteiger partial charge in [-0.25, -0.2) is 9.97 Å². The van der Waals surface area contributed by atoms with Crippen molar-refractivity contribution in [3.05, 3.63) is 95.8 Å². The van der Waals surface area contributed by atoms with Crippen molar-refractivity contribution in [1.29, 1.82) is 0 Å². The van der Waals surface area contributed by atoms with Gasteiger partial charge in [0, 0.05) is 42.4 Å². The van der Waals surface area contributed by atoms with Crippen LogP contribution in [0.2, 0.25) is 0 Å². The molecule has 0 spiro atoms. The molecule has 1 fully saturated rings. The first-order valence-electron chi connectivity index (χ1n) is 20.1. The third kappa shape index (κ3) is 12.6. The zero-order chi connectivity index (χ0) is 44.9. The predicted molar refractivity (Wildman–Crippen MR) is 219 cm³/mol. The van der Waals surface area contributed by atoms with E-state index in [0.29, 0.717) is 41.4 Å². The number of unbranched alkanes of at least 4 members (excludes halogenated alkanes) is 5. The summed E-state index contributed by atoms with van der Waals surface area (Å²) < 4.78 is 46.9. The van der Waals surface area contributed by atoms with E-state index in [1.54, 1.807) is 30.3 Å². The van der Waals surface area contributed by atoms with E-state index < -0.39 is 47.8 Å². The van der Waals surface area contributed by atoms with E-state index in [1.807, 2.05) is 0 Å². The van der Waals surface area contributed by atoms with Gasteiger partial charge in [0.2, 0.25) is 17.7 Å². The van der Waals surface area contributed by atoms with Crippen molar-refractivity contribution in [1.82, 2.24) is 36.1 Å². The highest BCUT2D eigenvalue weighted by Gasteiger charge is 2.46. The molecule has 5 N–H and O–H groups in total. The van der Waals surface area contributed by atoms with Crippen LogP contribution in [0.4, 0.5) is 24.7 Å². The number of alkyl halides is 3.